The molecule has 0 N–H and O–H groups in total. The molecule has 0 saturated heterocycles. The summed E-state index contributed by atoms with van der Waals surface area (Å²) in [6, 6.07) is 3.23. The molecular weight excluding hydrogens is 184 g/mol. The van der Waals surface area contributed by atoms with Crippen molar-refractivity contribution >= 4 is 10.8 Å². The molecule has 0 heterocycles. The van der Waals surface area contributed by atoms with Crippen LogP contribution in [-0.4, -0.2) is 14.2 Å². The summed E-state index contributed by atoms with van der Waals surface area (Å²) in [7, 11) is 2.91. The van der Waals surface area contributed by atoms with Crippen LogP contribution in [0.4, 0.5) is 0 Å². The van der Waals surface area contributed by atoms with E-state index in [0.717, 1.165) is 0 Å². The van der Waals surface area contributed by atoms with Crippen molar-refractivity contribution in [3.63, 3.8) is 0 Å². The molecule has 2 aromatic carbocycles. The van der Waals surface area contributed by atoms with Crippen LogP contribution in [0, 0.1) is 0 Å². The van der Waals surface area contributed by atoms with Crippen LogP contribution in [-0.2, 0) is 0 Å². The van der Waals surface area contributed by atoms with Crippen molar-refractivity contribution in [1.82, 2.24) is 0 Å². The lowest BCUT2D eigenvalue weighted by Crippen LogP contribution is -2.31. The molecule has 0 unspecified atom stereocenters. The van der Waals surface area contributed by atoms with Crippen LogP contribution in [0.25, 0.3) is 10.8 Å². The van der Waals surface area contributed by atoms with Gasteiger partial charge in [0.05, 0.1) is 25.0 Å². The van der Waals surface area contributed by atoms with E-state index >= 15 is 0 Å². The van der Waals surface area contributed by atoms with Gasteiger partial charge in [0.1, 0.15) is 11.5 Å². The first-order valence-electron chi connectivity index (χ1n) is 4.04. The highest BCUT2D eigenvalue weighted by Gasteiger charge is 2.20. The van der Waals surface area contributed by atoms with E-state index < -0.39 is 10.9 Å². The van der Waals surface area contributed by atoms with Crippen molar-refractivity contribution in [1.29, 1.82) is 0 Å². The molecule has 2 rings (SSSR count). The van der Waals surface area contributed by atoms with Crippen LogP contribution in [0.5, 0.6) is 11.5 Å². The summed E-state index contributed by atoms with van der Waals surface area (Å²) in [5.41, 5.74) is -1.01. The predicted octanol–water partition coefficient (Wildman–Crippen LogP) is 0.453. The van der Waals surface area contributed by atoms with Crippen LogP contribution >= 0.6 is 0 Å². The summed E-state index contributed by atoms with van der Waals surface area (Å²) in [6.07, 6.45) is 0. The molecule has 0 aliphatic heterocycles. The highest BCUT2D eigenvalue weighted by molar-refractivity contribution is 5.97. The van der Waals surface area contributed by atoms with Gasteiger partial charge in [-0.3, -0.25) is 9.59 Å². The van der Waals surface area contributed by atoms with Crippen LogP contribution in [0.2, 0.25) is 0 Å². The summed E-state index contributed by atoms with van der Waals surface area (Å²) >= 11 is 0. The number of hydrogen-bond acceptors (Lipinski definition) is 4. The minimum atomic E-state index is -0.504. The molecule has 14 heavy (non-hydrogen) atoms. The zero-order valence-electron chi connectivity index (χ0n) is 7.79. The van der Waals surface area contributed by atoms with Crippen LogP contribution in [0.1, 0.15) is 0 Å². The zero-order chi connectivity index (χ0) is 10.3. The fraction of sp³-hybridized carbons (Fsp3) is 0.200. The lowest BCUT2D eigenvalue weighted by molar-refractivity contribution is 0.409. The van der Waals surface area contributed by atoms with E-state index in [2.05, 4.69) is 0 Å². The number of ether oxygens (including phenoxy) is 2. The lowest BCUT2D eigenvalue weighted by atomic mass is 10.0. The number of benzene rings is 1. The average molecular weight is 192 g/mol. The van der Waals surface area contributed by atoms with E-state index in [4.69, 9.17) is 9.47 Å². The van der Waals surface area contributed by atoms with Gasteiger partial charge < -0.3 is 9.47 Å². The Morgan fingerprint density at radius 2 is 1.21 bits per heavy atom. The largest absolute Gasteiger partial charge is 0.496 e. The zero-order valence-corrected chi connectivity index (χ0v) is 7.79. The lowest BCUT2D eigenvalue weighted by Gasteiger charge is -2.09. The Balaban J connectivity index is 2.88. The molecule has 0 amide bonds. The highest BCUT2D eigenvalue weighted by Crippen LogP contribution is 2.29. The molecule has 0 fully saturated rings. The molecule has 0 aromatic heterocycles. The quantitative estimate of drug-likeness (QED) is 0.648. The molecule has 0 aliphatic rings. The maximum atomic E-state index is 11.2. The molecule has 4 nitrogen and oxygen atoms in total. The Hall–Kier alpha value is -1.84. The number of methoxy groups -OCH3 is 2. The maximum Gasteiger partial charge on any atom is 0.238 e. The van der Waals surface area contributed by atoms with E-state index in [1.165, 1.54) is 14.2 Å². The smallest absolute Gasteiger partial charge is 0.238 e. The maximum absolute atomic E-state index is 11.2. The third-order valence-corrected chi connectivity index (χ3v) is 2.23. The third kappa shape index (κ3) is 0.878. The van der Waals surface area contributed by atoms with Crippen molar-refractivity contribution in [3.05, 3.63) is 32.6 Å². The van der Waals surface area contributed by atoms with Crippen molar-refractivity contribution in [2.24, 2.45) is 0 Å². The molecule has 0 radical (unpaired) electrons. The van der Waals surface area contributed by atoms with Crippen molar-refractivity contribution < 1.29 is 9.47 Å². The van der Waals surface area contributed by atoms with Gasteiger partial charge in [0, 0.05) is 0 Å². The Morgan fingerprint density at radius 3 is 1.50 bits per heavy atom. The molecule has 72 valence electrons. The Labute approximate surface area is 79.4 Å². The summed E-state index contributed by atoms with van der Waals surface area (Å²) in [4.78, 5) is 22.4. The average Bonchev–Trinajstić information content (AvgIpc) is 2.25. The van der Waals surface area contributed by atoms with Gasteiger partial charge in [0.25, 0.3) is 0 Å². The van der Waals surface area contributed by atoms with Gasteiger partial charge in [-0.1, -0.05) is 0 Å². The summed E-state index contributed by atoms with van der Waals surface area (Å²) in [5.74, 6) is 0.843. The molecule has 0 bridgehead atoms. The minimum Gasteiger partial charge on any atom is -0.496 e. The fourth-order valence-corrected chi connectivity index (χ4v) is 1.52. The second-order valence-electron chi connectivity index (χ2n) is 2.88. The van der Waals surface area contributed by atoms with Crippen molar-refractivity contribution in [2.75, 3.05) is 14.2 Å². The molecule has 0 spiro atoms. The predicted molar refractivity (Wildman–Crippen MR) is 52.0 cm³/mol. The third-order valence-electron chi connectivity index (χ3n) is 2.23. The summed E-state index contributed by atoms with van der Waals surface area (Å²) < 4.78 is 9.93. The van der Waals surface area contributed by atoms with Crippen LogP contribution in [0.15, 0.2) is 21.7 Å². The Bertz CT molecular complexity index is 510. The second kappa shape index (κ2) is 2.83. The van der Waals surface area contributed by atoms with Gasteiger partial charge in [0.15, 0.2) is 0 Å². The number of hydrogen-bond donors (Lipinski definition) is 0. The van der Waals surface area contributed by atoms with Gasteiger partial charge in [-0.05, 0) is 12.1 Å². The van der Waals surface area contributed by atoms with Gasteiger partial charge in [-0.25, -0.2) is 0 Å². The van der Waals surface area contributed by atoms with Gasteiger partial charge >= 0.3 is 0 Å². The normalized spacial score (nSPS) is 10.7. The van der Waals surface area contributed by atoms with Gasteiger partial charge in [-0.2, -0.15) is 0 Å². The van der Waals surface area contributed by atoms with Crippen LogP contribution in [0.3, 0.4) is 0 Å². The van der Waals surface area contributed by atoms with Gasteiger partial charge in [0.2, 0.25) is 10.9 Å². The van der Waals surface area contributed by atoms with E-state index in [1.807, 2.05) is 0 Å². The van der Waals surface area contributed by atoms with Crippen LogP contribution < -0.4 is 20.3 Å². The molecular formula is C10H8O4. The van der Waals surface area contributed by atoms with E-state index in [9.17, 15) is 9.59 Å². The monoisotopic (exact) mass is 192 g/mol. The Kier molecular flexibility index (Phi) is 1.77. The van der Waals surface area contributed by atoms with Crippen molar-refractivity contribution in [3.8, 4) is 11.5 Å². The SMILES string of the molecule is COc1ccc(OC)c2c(=O)c(=O)c12. The van der Waals surface area contributed by atoms with Crippen molar-refractivity contribution in [2.45, 2.75) is 0 Å². The van der Waals surface area contributed by atoms with E-state index in [-0.39, 0.29) is 0 Å². The first kappa shape index (κ1) is 8.74. The number of rotatable bonds is 2. The fourth-order valence-electron chi connectivity index (χ4n) is 1.52. The van der Waals surface area contributed by atoms with Gasteiger partial charge in [-0.15, -0.1) is 0 Å². The molecule has 0 aliphatic carbocycles. The first-order valence-corrected chi connectivity index (χ1v) is 4.04. The van der Waals surface area contributed by atoms with E-state index in [1.54, 1.807) is 12.1 Å². The Morgan fingerprint density at radius 1 is 0.857 bits per heavy atom. The molecule has 2 aromatic rings. The minimum absolute atomic E-state index is 0.330. The molecule has 0 saturated carbocycles. The number of fused-ring (bicyclic) bond motifs is 1. The topological polar surface area (TPSA) is 52.6 Å². The summed E-state index contributed by atoms with van der Waals surface area (Å²) in [5, 5.41) is 0.661. The molecule has 4 heteroatoms. The highest BCUT2D eigenvalue weighted by atomic mass is 16.5. The summed E-state index contributed by atoms with van der Waals surface area (Å²) in [6.45, 7) is 0. The first-order chi connectivity index (χ1) is 6.70. The second-order valence-corrected chi connectivity index (χ2v) is 2.88. The standard InChI is InChI=1S/C10H8O4/c1-13-5-3-4-6(14-2)8-7(5)9(11)10(8)12/h3-4H,1-2H3. The van der Waals surface area contributed by atoms with E-state index in [0.29, 0.717) is 22.3 Å². The molecule has 0 atom stereocenters.